The van der Waals surface area contributed by atoms with E-state index < -0.39 is 35.3 Å². The lowest BCUT2D eigenvalue weighted by atomic mass is 9.95. The number of piperidine rings is 1. The number of anilines is 4. The molecule has 27 heteroatoms. The van der Waals surface area contributed by atoms with Crippen molar-refractivity contribution in [1.82, 2.24) is 50.5 Å². The summed E-state index contributed by atoms with van der Waals surface area (Å²) in [5, 5.41) is 32.9. The van der Waals surface area contributed by atoms with E-state index in [9.17, 15) is 40.7 Å². The Morgan fingerprint density at radius 3 is 1.51 bits per heavy atom. The van der Waals surface area contributed by atoms with E-state index in [1.54, 1.807) is 60.6 Å². The molecule has 8 aromatic rings. The summed E-state index contributed by atoms with van der Waals surface area (Å²) in [6, 6.07) is 19.3. The molecule has 0 bridgehead atoms. The van der Waals surface area contributed by atoms with Gasteiger partial charge in [-0.25, -0.2) is 24.7 Å². The monoisotopic (exact) mass is 1120 g/mol. The number of nitrogens with one attached hydrogen (secondary N) is 7. The van der Waals surface area contributed by atoms with Crippen molar-refractivity contribution < 1.29 is 50.2 Å². The van der Waals surface area contributed by atoms with E-state index in [1.807, 2.05) is 6.92 Å². The predicted octanol–water partition coefficient (Wildman–Crippen LogP) is 12.0. The second kappa shape index (κ2) is 26.5. The third kappa shape index (κ3) is 15.4. The van der Waals surface area contributed by atoms with Crippen LogP contribution in [-0.4, -0.2) is 101 Å². The first-order valence-corrected chi connectivity index (χ1v) is 25.8. The number of aromatic nitrogens is 8. The highest BCUT2D eigenvalue weighted by Gasteiger charge is 2.32. The Hall–Kier alpha value is -9.43. The van der Waals surface area contributed by atoms with Gasteiger partial charge in [0.25, 0.3) is 11.8 Å². The molecule has 7 heterocycles. The summed E-state index contributed by atoms with van der Waals surface area (Å²) >= 11 is 0. The number of fused-ring (bicyclic) bond motifs is 2. The average Bonchev–Trinajstić information content (AvgIpc) is 4.29. The van der Waals surface area contributed by atoms with Crippen molar-refractivity contribution in [2.24, 2.45) is 5.18 Å². The highest BCUT2D eigenvalue weighted by Crippen LogP contribution is 2.37. The van der Waals surface area contributed by atoms with Gasteiger partial charge in [-0.2, -0.15) is 41.4 Å². The fourth-order valence-corrected chi connectivity index (χ4v) is 8.73. The molecule has 1 saturated carbocycles. The second-order valence-corrected chi connectivity index (χ2v) is 18.4. The van der Waals surface area contributed by atoms with Crippen LogP contribution in [0.2, 0.25) is 0 Å². The molecule has 0 radical (unpaired) electrons. The van der Waals surface area contributed by atoms with Crippen molar-refractivity contribution in [3.05, 3.63) is 137 Å². The van der Waals surface area contributed by atoms with Gasteiger partial charge < -0.3 is 41.0 Å². The number of hydrogen-bond acceptors (Lipinski definition) is 15. The number of carbonyl (C=O) groups is 3. The van der Waals surface area contributed by atoms with Crippen LogP contribution in [0.15, 0.2) is 115 Å². The number of H-pyrrole nitrogens is 2. The Labute approximate surface area is 458 Å². The standard InChI is InChI=1S/C27H27F3N8O3.C25H23F3N6O2.C2H5NO/c1-2-31-26(40)38-13-3-4-18(15-38)34-24-22-20(10-12-33-23(22)36-37-24)41-19-7-5-16(6-8-19)25(39)35-21-14-17(9-11-32-21)27(28,29)30;26-25(27,28)16-10-12-29-20(14-16)32-24(35)15-6-8-18(9-7-15)36-19-11-13-30-22-21(19)23(34-33-22)31-17-4-2-1-3-5-17;1-2-3-4/h5-12,14,18H,2-4,13,15H2,1H3,(H,31,40)(H,32,35,39)(H2,33,34,36,37);6-14,17H,1-5H2,(H,29,32,35)(H2,30,31,33,34);2H2,1H3/t18-;;/m1../s1. The highest BCUT2D eigenvalue weighted by atomic mass is 19.4. The van der Waals surface area contributed by atoms with Crippen LogP contribution in [0.1, 0.15) is 90.6 Å². The number of likely N-dealkylation sites (tertiary alicyclic amines) is 1. The quantitative estimate of drug-likeness (QED) is 0.0394. The molecule has 1 aliphatic heterocycles. The molecule has 1 aliphatic carbocycles. The highest BCUT2D eigenvalue weighted by molar-refractivity contribution is 6.04. The summed E-state index contributed by atoms with van der Waals surface area (Å²) in [6.07, 6.45) is 3.60. The minimum Gasteiger partial charge on any atom is -0.456 e. The van der Waals surface area contributed by atoms with Crippen LogP contribution in [0.3, 0.4) is 0 Å². The molecular formula is C54H55F6N15O6. The molecule has 0 unspecified atom stereocenters. The zero-order valence-electron chi connectivity index (χ0n) is 43.6. The molecule has 1 saturated heterocycles. The van der Waals surface area contributed by atoms with E-state index in [-0.39, 0.29) is 34.8 Å². The van der Waals surface area contributed by atoms with Gasteiger partial charge in [0.15, 0.2) is 22.9 Å². The third-order valence-corrected chi connectivity index (χ3v) is 12.6. The van der Waals surface area contributed by atoms with Gasteiger partial charge in [0.2, 0.25) is 0 Å². The number of amides is 4. The second-order valence-electron chi connectivity index (χ2n) is 18.4. The molecular weight excluding hydrogens is 1070 g/mol. The van der Waals surface area contributed by atoms with Crippen LogP contribution < -0.4 is 36.1 Å². The third-order valence-electron chi connectivity index (χ3n) is 12.6. The number of pyridine rings is 4. The Morgan fingerprint density at radius 2 is 1.06 bits per heavy atom. The molecule has 0 spiro atoms. The smallest absolute Gasteiger partial charge is 0.416 e. The first kappa shape index (κ1) is 57.7. The Morgan fingerprint density at radius 1 is 0.617 bits per heavy atom. The SMILES string of the molecule is CCN=O.CCNC(=O)N1CCC[C@@H](Nc2n[nH]c3nccc(Oc4ccc(C(=O)Nc5cc(C(F)(F)F)ccn5)cc4)c23)C1.O=C(Nc1cc(C(F)(F)F)ccn1)c1ccc(Oc2ccnc3[nH]nc(NC4CCCCC4)c23)cc1. The maximum atomic E-state index is 13.0. The van der Waals surface area contributed by atoms with Crippen molar-refractivity contribution in [1.29, 1.82) is 0 Å². The molecule has 2 fully saturated rings. The summed E-state index contributed by atoms with van der Waals surface area (Å²) in [4.78, 5) is 64.3. The number of urea groups is 1. The topological polar surface area (TPSA) is 271 Å². The minimum absolute atomic E-state index is 0.0185. The van der Waals surface area contributed by atoms with E-state index in [2.05, 4.69) is 72.1 Å². The predicted molar refractivity (Wildman–Crippen MR) is 289 cm³/mol. The Bertz CT molecular complexity index is 3430. The van der Waals surface area contributed by atoms with Gasteiger partial charge >= 0.3 is 18.4 Å². The van der Waals surface area contributed by atoms with Gasteiger partial charge in [-0.05, 0) is 112 Å². The molecule has 7 N–H and O–H groups in total. The zero-order valence-corrected chi connectivity index (χ0v) is 43.6. The summed E-state index contributed by atoms with van der Waals surface area (Å²) in [7, 11) is 0. The van der Waals surface area contributed by atoms with Gasteiger partial charge in [-0.15, -0.1) is 0 Å². The number of carbonyl (C=O) groups excluding carboxylic acids is 3. The summed E-state index contributed by atoms with van der Waals surface area (Å²) in [5.41, 5.74) is -0.259. The summed E-state index contributed by atoms with van der Waals surface area (Å²) in [6.45, 7) is 5.74. The van der Waals surface area contributed by atoms with E-state index in [0.717, 1.165) is 67.7 Å². The first-order valence-electron chi connectivity index (χ1n) is 25.8. The Balaban J connectivity index is 0.000000201. The molecule has 21 nitrogen and oxygen atoms in total. The number of nitrogens with zero attached hydrogens (tertiary/aromatic N) is 8. The van der Waals surface area contributed by atoms with E-state index in [1.165, 1.54) is 43.5 Å². The number of ether oxygens (including phenoxy) is 2. The van der Waals surface area contributed by atoms with Crippen LogP contribution in [0, 0.1) is 4.91 Å². The summed E-state index contributed by atoms with van der Waals surface area (Å²) < 4.78 is 89.7. The van der Waals surface area contributed by atoms with Gasteiger partial charge in [0, 0.05) is 79.8 Å². The number of hydrogen-bond donors (Lipinski definition) is 7. The van der Waals surface area contributed by atoms with Crippen LogP contribution in [0.25, 0.3) is 22.1 Å². The number of rotatable bonds is 14. The van der Waals surface area contributed by atoms with E-state index in [4.69, 9.17) is 14.4 Å². The molecule has 6 aromatic heterocycles. The van der Waals surface area contributed by atoms with Gasteiger partial charge in [0.05, 0.1) is 17.7 Å². The van der Waals surface area contributed by atoms with Crippen molar-refractivity contribution in [3.8, 4) is 23.0 Å². The molecule has 4 amide bonds. The molecule has 2 aromatic carbocycles. The van der Waals surface area contributed by atoms with Crippen LogP contribution in [0.5, 0.6) is 23.0 Å². The molecule has 2 aliphatic rings. The molecule has 10 rings (SSSR count). The summed E-state index contributed by atoms with van der Waals surface area (Å²) in [5.74, 6) is 1.52. The number of benzene rings is 2. The maximum absolute atomic E-state index is 13.0. The number of nitroso groups, excluding NO2 is 1. The van der Waals surface area contributed by atoms with E-state index in [0.29, 0.717) is 83.5 Å². The van der Waals surface area contributed by atoms with E-state index >= 15 is 0 Å². The van der Waals surface area contributed by atoms with Crippen molar-refractivity contribution in [2.45, 2.75) is 83.2 Å². The van der Waals surface area contributed by atoms with Crippen molar-refractivity contribution >= 4 is 63.2 Å². The number of halogens is 6. The Kier molecular flexibility index (Phi) is 18.9. The number of aromatic amines is 2. The fourth-order valence-electron chi connectivity index (χ4n) is 8.73. The maximum Gasteiger partial charge on any atom is 0.416 e. The zero-order chi connectivity index (χ0) is 57.5. The van der Waals surface area contributed by atoms with Gasteiger partial charge in [-0.3, -0.25) is 19.8 Å². The van der Waals surface area contributed by atoms with Crippen LogP contribution in [-0.2, 0) is 12.4 Å². The fraction of sp³-hybridized carbons (Fsp3) is 0.315. The van der Waals surface area contributed by atoms with Gasteiger partial charge in [0.1, 0.15) is 45.4 Å². The minimum atomic E-state index is -4.55. The van der Waals surface area contributed by atoms with Crippen molar-refractivity contribution in [3.63, 3.8) is 0 Å². The molecule has 1 atom stereocenters. The first-order chi connectivity index (χ1) is 39.0. The van der Waals surface area contributed by atoms with Crippen molar-refractivity contribution in [2.75, 3.05) is 47.4 Å². The lowest BCUT2D eigenvalue weighted by Crippen LogP contribution is -2.49. The largest absolute Gasteiger partial charge is 0.456 e. The van der Waals surface area contributed by atoms with Crippen LogP contribution in [0.4, 0.5) is 54.4 Å². The van der Waals surface area contributed by atoms with Gasteiger partial charge in [-0.1, -0.05) is 24.4 Å². The normalized spacial score (nSPS) is 14.6. The average molecular weight is 1120 g/mol. The molecule has 81 heavy (non-hydrogen) atoms. The lowest BCUT2D eigenvalue weighted by Gasteiger charge is -2.33. The number of alkyl halides is 6. The molecule has 424 valence electrons. The van der Waals surface area contributed by atoms with Crippen LogP contribution >= 0.6 is 0 Å². The lowest BCUT2D eigenvalue weighted by molar-refractivity contribution is -0.138.